The highest BCUT2D eigenvalue weighted by molar-refractivity contribution is 9.10. The van der Waals surface area contributed by atoms with Crippen LogP contribution in [-0.2, 0) is 0 Å². The minimum absolute atomic E-state index is 0.557. The van der Waals surface area contributed by atoms with E-state index in [1.54, 1.807) is 0 Å². The molecule has 0 N–H and O–H groups in total. The smallest absolute Gasteiger partial charge is 0.0424 e. The predicted octanol–water partition coefficient (Wildman–Crippen LogP) is 3.67. The molecular formula is C10H14BrNS. The number of thiophene rings is 1. The van der Waals surface area contributed by atoms with Gasteiger partial charge in [-0.05, 0) is 54.2 Å². The van der Waals surface area contributed by atoms with E-state index in [0.717, 1.165) is 6.04 Å². The van der Waals surface area contributed by atoms with Gasteiger partial charge in [0.2, 0.25) is 0 Å². The van der Waals surface area contributed by atoms with Crippen LogP contribution in [0.3, 0.4) is 0 Å². The number of halogens is 1. The number of hydrogen-bond acceptors (Lipinski definition) is 2. The molecule has 1 heterocycles. The van der Waals surface area contributed by atoms with Crippen molar-refractivity contribution in [1.82, 2.24) is 4.90 Å². The van der Waals surface area contributed by atoms with Gasteiger partial charge >= 0.3 is 0 Å². The molecule has 3 heteroatoms. The maximum absolute atomic E-state index is 3.59. The van der Waals surface area contributed by atoms with Gasteiger partial charge in [0.15, 0.2) is 0 Å². The molecule has 0 aliphatic heterocycles. The summed E-state index contributed by atoms with van der Waals surface area (Å²) >= 11 is 5.43. The second-order valence-electron chi connectivity index (χ2n) is 3.71. The molecule has 1 aromatic heterocycles. The van der Waals surface area contributed by atoms with Crippen LogP contribution in [0.15, 0.2) is 15.9 Å². The van der Waals surface area contributed by atoms with Crippen molar-refractivity contribution in [2.24, 2.45) is 0 Å². The largest absolute Gasteiger partial charge is 0.296 e. The van der Waals surface area contributed by atoms with E-state index < -0.39 is 0 Å². The lowest BCUT2D eigenvalue weighted by Crippen LogP contribution is -2.23. The van der Waals surface area contributed by atoms with Gasteiger partial charge in [-0.25, -0.2) is 0 Å². The molecule has 72 valence electrons. The zero-order valence-corrected chi connectivity index (χ0v) is 10.4. The molecule has 1 aliphatic carbocycles. The van der Waals surface area contributed by atoms with Crippen molar-refractivity contribution < 1.29 is 0 Å². The predicted molar refractivity (Wildman–Crippen MR) is 61.2 cm³/mol. The first-order valence-corrected chi connectivity index (χ1v) is 6.32. The van der Waals surface area contributed by atoms with Crippen molar-refractivity contribution in [3.8, 4) is 0 Å². The van der Waals surface area contributed by atoms with Crippen LogP contribution in [0.2, 0.25) is 0 Å². The van der Waals surface area contributed by atoms with E-state index in [-0.39, 0.29) is 0 Å². The molecule has 0 aromatic carbocycles. The highest BCUT2D eigenvalue weighted by Crippen LogP contribution is 2.37. The van der Waals surface area contributed by atoms with Gasteiger partial charge in [0, 0.05) is 21.4 Å². The average Bonchev–Trinajstić information content (AvgIpc) is 2.87. The Bertz CT molecular complexity index is 293. The first-order valence-electron chi connectivity index (χ1n) is 4.65. The van der Waals surface area contributed by atoms with Crippen LogP contribution in [0.1, 0.15) is 30.7 Å². The Morgan fingerprint density at radius 3 is 2.77 bits per heavy atom. The fraction of sp³-hybridized carbons (Fsp3) is 0.600. The number of nitrogens with zero attached hydrogens (tertiary/aromatic N) is 1. The molecule has 1 aromatic rings. The summed E-state index contributed by atoms with van der Waals surface area (Å²) < 4.78 is 1.26. The first-order chi connectivity index (χ1) is 6.20. The van der Waals surface area contributed by atoms with E-state index in [1.807, 2.05) is 11.3 Å². The van der Waals surface area contributed by atoms with Crippen molar-refractivity contribution in [3.05, 3.63) is 20.8 Å². The molecule has 1 aliphatic rings. The lowest BCUT2D eigenvalue weighted by molar-refractivity contribution is 0.254. The van der Waals surface area contributed by atoms with Gasteiger partial charge in [-0.3, -0.25) is 4.90 Å². The maximum Gasteiger partial charge on any atom is 0.0424 e. The summed E-state index contributed by atoms with van der Waals surface area (Å²) in [7, 11) is 2.23. The fourth-order valence-corrected chi connectivity index (χ4v) is 3.40. The summed E-state index contributed by atoms with van der Waals surface area (Å²) in [4.78, 5) is 3.94. The molecule has 1 unspecified atom stereocenters. The van der Waals surface area contributed by atoms with E-state index in [4.69, 9.17) is 0 Å². The molecule has 0 saturated heterocycles. The molecule has 0 spiro atoms. The normalized spacial score (nSPS) is 19.4. The molecule has 1 fully saturated rings. The second-order valence-corrected chi connectivity index (χ2v) is 5.51. The third kappa shape index (κ3) is 1.97. The van der Waals surface area contributed by atoms with Crippen molar-refractivity contribution in [1.29, 1.82) is 0 Å². The maximum atomic E-state index is 3.59. The Morgan fingerprint density at radius 2 is 2.31 bits per heavy atom. The molecule has 0 bridgehead atoms. The summed E-state index contributed by atoms with van der Waals surface area (Å²) in [6.45, 7) is 2.29. The van der Waals surface area contributed by atoms with Gasteiger partial charge < -0.3 is 0 Å². The quantitative estimate of drug-likeness (QED) is 0.801. The lowest BCUT2D eigenvalue weighted by atomic mass is 10.2. The highest BCUT2D eigenvalue weighted by Gasteiger charge is 2.30. The van der Waals surface area contributed by atoms with Crippen LogP contribution in [0.4, 0.5) is 0 Å². The van der Waals surface area contributed by atoms with Crippen LogP contribution in [-0.4, -0.2) is 18.0 Å². The van der Waals surface area contributed by atoms with E-state index in [9.17, 15) is 0 Å². The van der Waals surface area contributed by atoms with Crippen molar-refractivity contribution in [3.63, 3.8) is 0 Å². The standard InChI is InChI=1S/C10H14BrNS/c1-7(12(2)8-3-4-8)10-9(11)5-6-13-10/h5-8H,3-4H2,1-2H3. The Balaban J connectivity index is 2.11. The fourth-order valence-electron chi connectivity index (χ4n) is 1.59. The first kappa shape index (κ1) is 9.69. The molecular weight excluding hydrogens is 246 g/mol. The van der Waals surface area contributed by atoms with Crippen LogP contribution in [0.5, 0.6) is 0 Å². The van der Waals surface area contributed by atoms with E-state index in [1.165, 1.54) is 22.2 Å². The van der Waals surface area contributed by atoms with Gasteiger partial charge in [0.05, 0.1) is 0 Å². The minimum Gasteiger partial charge on any atom is -0.296 e. The Kier molecular flexibility index (Phi) is 2.77. The topological polar surface area (TPSA) is 3.24 Å². The summed E-state index contributed by atoms with van der Waals surface area (Å²) in [5.41, 5.74) is 0. The Morgan fingerprint density at radius 1 is 1.62 bits per heavy atom. The van der Waals surface area contributed by atoms with Crippen molar-refractivity contribution in [2.45, 2.75) is 31.8 Å². The molecule has 2 rings (SSSR count). The van der Waals surface area contributed by atoms with Crippen LogP contribution in [0, 0.1) is 0 Å². The molecule has 1 saturated carbocycles. The van der Waals surface area contributed by atoms with Crippen molar-refractivity contribution >= 4 is 27.3 Å². The third-order valence-corrected chi connectivity index (χ3v) is 4.80. The zero-order valence-electron chi connectivity index (χ0n) is 7.96. The van der Waals surface area contributed by atoms with Crippen LogP contribution >= 0.6 is 27.3 Å². The van der Waals surface area contributed by atoms with Gasteiger partial charge in [-0.15, -0.1) is 11.3 Å². The molecule has 1 atom stereocenters. The highest BCUT2D eigenvalue weighted by atomic mass is 79.9. The summed E-state index contributed by atoms with van der Waals surface area (Å²) in [6.07, 6.45) is 2.76. The molecule has 0 amide bonds. The van der Waals surface area contributed by atoms with Gasteiger partial charge in [0.1, 0.15) is 0 Å². The van der Waals surface area contributed by atoms with Gasteiger partial charge in [-0.1, -0.05) is 0 Å². The van der Waals surface area contributed by atoms with E-state index in [0.29, 0.717) is 6.04 Å². The van der Waals surface area contributed by atoms with Crippen LogP contribution < -0.4 is 0 Å². The van der Waals surface area contributed by atoms with Gasteiger partial charge in [-0.2, -0.15) is 0 Å². The van der Waals surface area contributed by atoms with E-state index >= 15 is 0 Å². The summed E-state index contributed by atoms with van der Waals surface area (Å²) in [5, 5.41) is 2.15. The average molecular weight is 260 g/mol. The summed E-state index contributed by atoms with van der Waals surface area (Å²) in [6, 6.07) is 3.53. The molecule has 13 heavy (non-hydrogen) atoms. The third-order valence-electron chi connectivity index (χ3n) is 2.76. The number of rotatable bonds is 3. The van der Waals surface area contributed by atoms with E-state index in [2.05, 4.69) is 46.2 Å². The number of hydrogen-bond donors (Lipinski definition) is 0. The molecule has 0 radical (unpaired) electrons. The Hall–Kier alpha value is 0.140. The Labute approximate surface area is 91.9 Å². The van der Waals surface area contributed by atoms with Gasteiger partial charge in [0.25, 0.3) is 0 Å². The second kappa shape index (κ2) is 3.71. The SMILES string of the molecule is CC(c1sccc1Br)N(C)C1CC1. The van der Waals surface area contributed by atoms with Crippen molar-refractivity contribution in [2.75, 3.05) is 7.05 Å². The monoisotopic (exact) mass is 259 g/mol. The minimum atomic E-state index is 0.557. The molecule has 1 nitrogen and oxygen atoms in total. The van der Waals surface area contributed by atoms with Crippen LogP contribution in [0.25, 0.3) is 0 Å². The zero-order chi connectivity index (χ0) is 9.42. The lowest BCUT2D eigenvalue weighted by Gasteiger charge is -2.23. The summed E-state index contributed by atoms with van der Waals surface area (Å²) in [5.74, 6) is 0.